The normalized spacial score (nSPS) is 12.3. The van der Waals surface area contributed by atoms with Crippen molar-refractivity contribution in [2.45, 2.75) is 29.4 Å². The van der Waals surface area contributed by atoms with E-state index in [1.807, 2.05) is 30.3 Å². The van der Waals surface area contributed by atoms with Crippen molar-refractivity contribution >= 4 is 35.1 Å². The molecule has 3 aromatic rings. The van der Waals surface area contributed by atoms with Crippen molar-refractivity contribution in [3.05, 3.63) is 70.1 Å². The van der Waals surface area contributed by atoms with Gasteiger partial charge in [0.1, 0.15) is 0 Å². The molecule has 2 heterocycles. The number of benzene rings is 2. The summed E-state index contributed by atoms with van der Waals surface area (Å²) in [4.78, 5) is 31.2. The first kappa shape index (κ1) is 23.3. The lowest BCUT2D eigenvalue weighted by atomic mass is 10.1. The minimum Gasteiger partial charge on any atom is -0.493 e. The Morgan fingerprint density at radius 3 is 2.70 bits per heavy atom. The molecule has 0 atom stereocenters. The highest BCUT2D eigenvalue weighted by molar-refractivity contribution is 8.00. The molecule has 0 spiro atoms. The number of carbonyl (C=O) groups excluding carboxylic acids is 1. The van der Waals surface area contributed by atoms with Crippen LogP contribution in [0.2, 0.25) is 0 Å². The first-order valence-corrected chi connectivity index (χ1v) is 12.5. The Morgan fingerprint density at radius 2 is 1.94 bits per heavy atom. The van der Waals surface area contributed by atoms with Gasteiger partial charge < -0.3 is 14.8 Å². The van der Waals surface area contributed by atoms with Gasteiger partial charge in [-0.05, 0) is 24.1 Å². The molecule has 0 saturated carbocycles. The molecule has 0 fully saturated rings. The molecule has 0 bridgehead atoms. The quantitative estimate of drug-likeness (QED) is 0.365. The molecular formula is C24H25N3O4S2. The van der Waals surface area contributed by atoms with Crippen molar-refractivity contribution in [3.8, 4) is 11.5 Å². The Bertz CT molecular complexity index is 1200. The lowest BCUT2D eigenvalue weighted by Gasteiger charge is -2.14. The smallest absolute Gasteiger partial charge is 0.268 e. The maximum absolute atomic E-state index is 13.1. The molecule has 172 valence electrons. The number of thioether (sulfide) groups is 2. The minimum atomic E-state index is -0.189. The maximum Gasteiger partial charge on any atom is 0.268 e. The second-order valence-electron chi connectivity index (χ2n) is 7.37. The van der Waals surface area contributed by atoms with E-state index in [4.69, 9.17) is 14.5 Å². The summed E-state index contributed by atoms with van der Waals surface area (Å²) in [6.07, 6.45) is 1.50. The summed E-state index contributed by atoms with van der Waals surface area (Å²) in [5.41, 5.74) is 2.59. The molecule has 1 aliphatic rings. The predicted octanol–water partition coefficient (Wildman–Crippen LogP) is 3.88. The van der Waals surface area contributed by atoms with Gasteiger partial charge in [-0.25, -0.2) is 4.98 Å². The largest absolute Gasteiger partial charge is 0.493 e. The van der Waals surface area contributed by atoms with Gasteiger partial charge in [-0.3, -0.25) is 14.2 Å². The van der Waals surface area contributed by atoms with Crippen LogP contribution in [0.25, 0.3) is 0 Å². The van der Waals surface area contributed by atoms with Crippen LogP contribution in [0.3, 0.4) is 0 Å². The van der Waals surface area contributed by atoms with Gasteiger partial charge in [0.2, 0.25) is 5.91 Å². The Hall–Kier alpha value is -2.91. The fourth-order valence-corrected chi connectivity index (χ4v) is 5.44. The molecule has 2 aromatic carbocycles. The van der Waals surface area contributed by atoms with Crippen LogP contribution in [0.4, 0.5) is 5.69 Å². The summed E-state index contributed by atoms with van der Waals surface area (Å²) < 4.78 is 12.2. The van der Waals surface area contributed by atoms with Crippen molar-refractivity contribution in [3.63, 3.8) is 0 Å². The Morgan fingerprint density at radius 1 is 1.15 bits per heavy atom. The van der Waals surface area contributed by atoms with Crippen LogP contribution >= 0.6 is 23.5 Å². The fourth-order valence-electron chi connectivity index (χ4n) is 3.56. The van der Waals surface area contributed by atoms with E-state index in [2.05, 4.69) is 5.32 Å². The number of rotatable bonds is 9. The summed E-state index contributed by atoms with van der Waals surface area (Å²) in [6.45, 7) is 0.517. The predicted molar refractivity (Wildman–Crippen MR) is 132 cm³/mol. The molecule has 0 aliphatic carbocycles. The summed E-state index contributed by atoms with van der Waals surface area (Å²) in [5, 5.41) is 3.45. The summed E-state index contributed by atoms with van der Waals surface area (Å²) in [7, 11) is 3.11. The van der Waals surface area contributed by atoms with Crippen LogP contribution in [0.5, 0.6) is 11.5 Å². The molecular weight excluding hydrogens is 458 g/mol. The molecule has 1 N–H and O–H groups in total. The second kappa shape index (κ2) is 10.8. The summed E-state index contributed by atoms with van der Waals surface area (Å²) in [5.74, 6) is 1.94. The zero-order chi connectivity index (χ0) is 23.2. The van der Waals surface area contributed by atoms with Gasteiger partial charge in [0.25, 0.3) is 5.56 Å². The van der Waals surface area contributed by atoms with Gasteiger partial charge in [0.05, 0.1) is 30.6 Å². The average molecular weight is 484 g/mol. The molecule has 1 amide bonds. The molecule has 33 heavy (non-hydrogen) atoms. The van der Waals surface area contributed by atoms with Crippen molar-refractivity contribution in [1.82, 2.24) is 9.55 Å². The number of hydrogen-bond donors (Lipinski definition) is 1. The SMILES string of the molecule is COc1ccc(NC(=O)CSc2nc3c(c(=O)n2CCc2ccccc2)SCC3)cc1OC. The van der Waals surface area contributed by atoms with E-state index in [-0.39, 0.29) is 17.2 Å². The van der Waals surface area contributed by atoms with Gasteiger partial charge in [-0.2, -0.15) is 0 Å². The zero-order valence-corrected chi connectivity index (χ0v) is 20.1. The number of aromatic nitrogens is 2. The lowest BCUT2D eigenvalue weighted by molar-refractivity contribution is -0.113. The number of anilines is 1. The van der Waals surface area contributed by atoms with Gasteiger partial charge in [-0.15, -0.1) is 11.8 Å². The van der Waals surface area contributed by atoms with E-state index in [0.717, 1.165) is 34.7 Å². The van der Waals surface area contributed by atoms with E-state index in [1.54, 1.807) is 48.7 Å². The Labute approximate surface area is 200 Å². The highest BCUT2D eigenvalue weighted by atomic mass is 32.2. The number of fused-ring (bicyclic) bond motifs is 1. The average Bonchev–Trinajstić information content (AvgIpc) is 3.32. The minimum absolute atomic E-state index is 0.0127. The van der Waals surface area contributed by atoms with Gasteiger partial charge >= 0.3 is 0 Å². The maximum atomic E-state index is 13.1. The van der Waals surface area contributed by atoms with Crippen molar-refractivity contribution in [1.29, 1.82) is 0 Å². The Balaban J connectivity index is 1.48. The third kappa shape index (κ3) is 5.54. The number of aryl methyl sites for hydroxylation is 2. The second-order valence-corrected chi connectivity index (χ2v) is 9.42. The van der Waals surface area contributed by atoms with Crippen LogP contribution in [0.15, 0.2) is 63.4 Å². The van der Waals surface area contributed by atoms with Crippen LogP contribution in [-0.2, 0) is 24.2 Å². The highest BCUT2D eigenvalue weighted by Crippen LogP contribution is 2.31. The first-order valence-electron chi connectivity index (χ1n) is 10.5. The number of nitrogens with zero attached hydrogens (tertiary/aromatic N) is 2. The van der Waals surface area contributed by atoms with E-state index in [1.165, 1.54) is 11.8 Å². The molecule has 7 nitrogen and oxygen atoms in total. The van der Waals surface area contributed by atoms with Crippen LogP contribution in [0.1, 0.15) is 11.3 Å². The van der Waals surface area contributed by atoms with Crippen molar-refractivity contribution in [2.24, 2.45) is 0 Å². The molecule has 0 saturated heterocycles. The summed E-state index contributed by atoms with van der Waals surface area (Å²) >= 11 is 2.85. The van der Waals surface area contributed by atoms with E-state index >= 15 is 0 Å². The van der Waals surface area contributed by atoms with Crippen LogP contribution in [0, 0.1) is 0 Å². The van der Waals surface area contributed by atoms with E-state index in [9.17, 15) is 9.59 Å². The number of nitrogens with one attached hydrogen (secondary N) is 1. The molecule has 4 rings (SSSR count). The van der Waals surface area contributed by atoms with E-state index < -0.39 is 0 Å². The van der Waals surface area contributed by atoms with Crippen molar-refractivity contribution in [2.75, 3.05) is 31.0 Å². The number of hydrogen-bond acceptors (Lipinski definition) is 7. The Kier molecular flexibility index (Phi) is 7.61. The van der Waals surface area contributed by atoms with Crippen LogP contribution < -0.4 is 20.3 Å². The number of ether oxygens (including phenoxy) is 2. The monoisotopic (exact) mass is 483 g/mol. The molecule has 9 heteroatoms. The molecule has 0 unspecified atom stereocenters. The van der Waals surface area contributed by atoms with Crippen molar-refractivity contribution < 1.29 is 14.3 Å². The highest BCUT2D eigenvalue weighted by Gasteiger charge is 2.22. The van der Waals surface area contributed by atoms with E-state index in [0.29, 0.717) is 28.9 Å². The van der Waals surface area contributed by atoms with Gasteiger partial charge in [0.15, 0.2) is 16.7 Å². The van der Waals surface area contributed by atoms with Crippen LogP contribution in [-0.4, -0.2) is 41.2 Å². The molecule has 0 radical (unpaired) electrons. The number of carbonyl (C=O) groups is 1. The number of methoxy groups -OCH3 is 2. The molecule has 1 aliphatic heterocycles. The zero-order valence-electron chi connectivity index (χ0n) is 18.5. The summed E-state index contributed by atoms with van der Waals surface area (Å²) in [6, 6.07) is 15.2. The molecule has 1 aromatic heterocycles. The fraction of sp³-hybridized carbons (Fsp3) is 0.292. The van der Waals surface area contributed by atoms with Gasteiger partial charge in [0, 0.05) is 30.5 Å². The lowest BCUT2D eigenvalue weighted by Crippen LogP contribution is -2.27. The number of amides is 1. The third-order valence-electron chi connectivity index (χ3n) is 5.21. The first-order chi connectivity index (χ1) is 16.1. The van der Waals surface area contributed by atoms with Gasteiger partial charge in [-0.1, -0.05) is 42.1 Å². The standard InChI is InChI=1S/C24H25N3O4S2/c1-30-19-9-8-17(14-20(19)31-2)25-21(28)15-33-24-26-18-11-13-32-22(18)23(29)27(24)12-10-16-6-4-3-5-7-16/h3-9,14H,10-13,15H2,1-2H3,(H,25,28). The third-order valence-corrected chi connectivity index (χ3v) is 7.30. The topological polar surface area (TPSA) is 82.5 Å².